The molecule has 1 aliphatic rings. The van der Waals surface area contributed by atoms with E-state index >= 15 is 0 Å². The van der Waals surface area contributed by atoms with Crippen molar-refractivity contribution in [1.29, 1.82) is 0 Å². The Morgan fingerprint density at radius 1 is 1.17 bits per heavy atom. The van der Waals surface area contributed by atoms with Crippen LogP contribution in [0, 0.1) is 0 Å². The van der Waals surface area contributed by atoms with E-state index in [4.69, 9.17) is 4.74 Å². The number of carbonyl (C=O) groups excluding carboxylic acids is 3. The SMILES string of the molecule is C[C@H](OC(=O)Cc1n[nH]c(=O)c2ccccc12)C(=O)NC(=O)NC1CCCCC1. The van der Waals surface area contributed by atoms with E-state index in [1.807, 2.05) is 0 Å². The fourth-order valence-electron chi connectivity index (χ4n) is 3.42. The molecule has 0 spiro atoms. The Morgan fingerprint density at radius 3 is 2.59 bits per heavy atom. The van der Waals surface area contributed by atoms with Gasteiger partial charge in [-0.15, -0.1) is 0 Å². The molecule has 1 aromatic carbocycles. The number of benzene rings is 1. The van der Waals surface area contributed by atoms with E-state index in [1.165, 1.54) is 6.92 Å². The first-order valence-corrected chi connectivity index (χ1v) is 9.71. The van der Waals surface area contributed by atoms with E-state index in [2.05, 4.69) is 20.8 Å². The molecule has 1 fully saturated rings. The van der Waals surface area contributed by atoms with Crippen LogP contribution in [0.25, 0.3) is 10.8 Å². The number of imide groups is 1. The van der Waals surface area contributed by atoms with Crippen LogP contribution in [0.4, 0.5) is 4.79 Å². The largest absolute Gasteiger partial charge is 0.452 e. The van der Waals surface area contributed by atoms with Crippen LogP contribution in [0.5, 0.6) is 0 Å². The second-order valence-electron chi connectivity index (χ2n) is 7.15. The fourth-order valence-corrected chi connectivity index (χ4v) is 3.42. The van der Waals surface area contributed by atoms with E-state index in [9.17, 15) is 19.2 Å². The number of urea groups is 1. The highest BCUT2D eigenvalue weighted by Gasteiger charge is 2.23. The highest BCUT2D eigenvalue weighted by atomic mass is 16.5. The first-order chi connectivity index (χ1) is 13.9. The van der Waals surface area contributed by atoms with Gasteiger partial charge in [-0.05, 0) is 25.8 Å². The quantitative estimate of drug-likeness (QED) is 0.653. The molecule has 9 heteroatoms. The van der Waals surface area contributed by atoms with Gasteiger partial charge >= 0.3 is 12.0 Å². The fraction of sp³-hybridized carbons (Fsp3) is 0.450. The number of aromatic amines is 1. The molecule has 29 heavy (non-hydrogen) atoms. The first kappa shape index (κ1) is 20.5. The van der Waals surface area contributed by atoms with Gasteiger partial charge in [0.05, 0.1) is 17.5 Å². The number of rotatable bonds is 5. The number of fused-ring (bicyclic) bond motifs is 1. The van der Waals surface area contributed by atoms with Crippen molar-refractivity contribution in [3.63, 3.8) is 0 Å². The summed E-state index contributed by atoms with van der Waals surface area (Å²) in [6, 6.07) is 6.24. The monoisotopic (exact) mass is 400 g/mol. The van der Waals surface area contributed by atoms with E-state index in [0.717, 1.165) is 32.1 Å². The molecule has 1 aliphatic carbocycles. The molecule has 2 aromatic rings. The summed E-state index contributed by atoms with van der Waals surface area (Å²) < 4.78 is 5.12. The van der Waals surface area contributed by atoms with Gasteiger partial charge in [-0.3, -0.25) is 19.7 Å². The predicted molar refractivity (Wildman–Crippen MR) is 105 cm³/mol. The average Bonchev–Trinajstić information content (AvgIpc) is 2.71. The minimum atomic E-state index is -1.14. The normalized spacial score (nSPS) is 15.5. The number of hydrogen-bond acceptors (Lipinski definition) is 6. The molecule has 1 aromatic heterocycles. The summed E-state index contributed by atoms with van der Waals surface area (Å²) >= 11 is 0. The number of esters is 1. The molecule has 3 rings (SSSR count). The Kier molecular flexibility index (Phi) is 6.58. The van der Waals surface area contributed by atoms with Crippen LogP contribution in [0.2, 0.25) is 0 Å². The third kappa shape index (κ3) is 5.40. The summed E-state index contributed by atoms with van der Waals surface area (Å²) in [5.74, 6) is -1.39. The van der Waals surface area contributed by atoms with E-state index in [0.29, 0.717) is 16.5 Å². The van der Waals surface area contributed by atoms with Gasteiger partial charge in [0.25, 0.3) is 11.5 Å². The second kappa shape index (κ2) is 9.31. The molecule has 154 valence electrons. The lowest BCUT2D eigenvalue weighted by Gasteiger charge is -2.23. The molecule has 1 atom stereocenters. The van der Waals surface area contributed by atoms with Gasteiger partial charge in [0.15, 0.2) is 6.10 Å². The van der Waals surface area contributed by atoms with Crippen molar-refractivity contribution in [2.24, 2.45) is 0 Å². The van der Waals surface area contributed by atoms with Crippen molar-refractivity contribution in [3.8, 4) is 0 Å². The van der Waals surface area contributed by atoms with E-state index in [1.54, 1.807) is 24.3 Å². The zero-order valence-corrected chi connectivity index (χ0v) is 16.2. The van der Waals surface area contributed by atoms with Crippen LogP contribution in [0.3, 0.4) is 0 Å². The summed E-state index contributed by atoms with van der Waals surface area (Å²) in [6.07, 6.45) is 3.70. The standard InChI is InChI=1S/C20H24N4O5/c1-12(18(26)22-20(28)21-13-7-3-2-4-8-13)29-17(25)11-16-14-9-5-6-10-15(14)19(27)24-23-16/h5-6,9-10,12-13H,2-4,7-8,11H2,1H3,(H,24,27)(H2,21,22,26,28)/t12-/m0/s1. The van der Waals surface area contributed by atoms with Crippen molar-refractivity contribution in [1.82, 2.24) is 20.8 Å². The lowest BCUT2D eigenvalue weighted by atomic mass is 9.96. The number of amides is 3. The molecule has 0 aliphatic heterocycles. The Hall–Kier alpha value is -3.23. The van der Waals surface area contributed by atoms with Crippen molar-refractivity contribution in [3.05, 3.63) is 40.3 Å². The predicted octanol–water partition coefficient (Wildman–Crippen LogP) is 1.56. The van der Waals surface area contributed by atoms with Crippen molar-refractivity contribution in [2.75, 3.05) is 0 Å². The maximum atomic E-state index is 12.2. The Bertz CT molecular complexity index is 965. The minimum Gasteiger partial charge on any atom is -0.452 e. The number of nitrogens with zero attached hydrogens (tertiary/aromatic N) is 1. The molecular formula is C20H24N4O5. The number of nitrogens with one attached hydrogen (secondary N) is 3. The van der Waals surface area contributed by atoms with Crippen molar-refractivity contribution >= 4 is 28.7 Å². The Morgan fingerprint density at radius 2 is 1.86 bits per heavy atom. The van der Waals surface area contributed by atoms with Crippen LogP contribution >= 0.6 is 0 Å². The van der Waals surface area contributed by atoms with Gasteiger partial charge < -0.3 is 10.1 Å². The van der Waals surface area contributed by atoms with Crippen LogP contribution in [-0.4, -0.2) is 40.3 Å². The molecule has 0 unspecified atom stereocenters. The van der Waals surface area contributed by atoms with Gasteiger partial charge in [-0.25, -0.2) is 9.89 Å². The summed E-state index contributed by atoms with van der Waals surface area (Å²) in [5, 5.41) is 12.2. The summed E-state index contributed by atoms with van der Waals surface area (Å²) in [7, 11) is 0. The zero-order chi connectivity index (χ0) is 20.8. The minimum absolute atomic E-state index is 0.0639. The zero-order valence-electron chi connectivity index (χ0n) is 16.2. The topological polar surface area (TPSA) is 130 Å². The maximum Gasteiger partial charge on any atom is 0.321 e. The van der Waals surface area contributed by atoms with Gasteiger partial charge in [-0.1, -0.05) is 37.5 Å². The second-order valence-corrected chi connectivity index (χ2v) is 7.15. The van der Waals surface area contributed by atoms with Crippen LogP contribution in [0.15, 0.2) is 29.1 Å². The number of H-pyrrole nitrogens is 1. The lowest BCUT2D eigenvalue weighted by molar-refractivity contribution is -0.153. The highest BCUT2D eigenvalue weighted by Crippen LogP contribution is 2.17. The third-order valence-electron chi connectivity index (χ3n) is 4.94. The van der Waals surface area contributed by atoms with Crippen LogP contribution < -0.4 is 16.2 Å². The maximum absolute atomic E-state index is 12.2. The lowest BCUT2D eigenvalue weighted by Crippen LogP contribution is -2.48. The van der Waals surface area contributed by atoms with Gasteiger partial charge in [0, 0.05) is 11.4 Å². The van der Waals surface area contributed by atoms with Crippen LogP contribution in [0.1, 0.15) is 44.7 Å². The molecule has 0 radical (unpaired) electrons. The smallest absolute Gasteiger partial charge is 0.321 e. The Labute approximate surface area is 167 Å². The summed E-state index contributed by atoms with van der Waals surface area (Å²) in [6.45, 7) is 1.39. The Balaban J connectivity index is 1.53. The number of aromatic nitrogens is 2. The molecule has 3 amide bonds. The molecule has 9 nitrogen and oxygen atoms in total. The van der Waals surface area contributed by atoms with Gasteiger partial charge in [-0.2, -0.15) is 5.10 Å². The third-order valence-corrected chi connectivity index (χ3v) is 4.94. The highest BCUT2D eigenvalue weighted by molar-refractivity contribution is 5.97. The molecule has 3 N–H and O–H groups in total. The number of hydrogen-bond donors (Lipinski definition) is 3. The van der Waals surface area contributed by atoms with Crippen molar-refractivity contribution in [2.45, 2.75) is 57.6 Å². The molecule has 0 bridgehead atoms. The van der Waals surface area contributed by atoms with Crippen LogP contribution in [-0.2, 0) is 20.7 Å². The summed E-state index contributed by atoms with van der Waals surface area (Å²) in [5.41, 5.74) is -0.0118. The first-order valence-electron chi connectivity index (χ1n) is 9.71. The van der Waals surface area contributed by atoms with E-state index in [-0.39, 0.29) is 18.0 Å². The van der Waals surface area contributed by atoms with Gasteiger partial charge in [0.1, 0.15) is 0 Å². The molecule has 0 saturated heterocycles. The van der Waals surface area contributed by atoms with E-state index < -0.39 is 24.0 Å². The number of ether oxygens (including phenoxy) is 1. The van der Waals surface area contributed by atoms with Gasteiger partial charge in [0.2, 0.25) is 0 Å². The van der Waals surface area contributed by atoms with Crippen molar-refractivity contribution < 1.29 is 19.1 Å². The number of carbonyl (C=O) groups is 3. The molecular weight excluding hydrogens is 376 g/mol. The summed E-state index contributed by atoms with van der Waals surface area (Å²) in [4.78, 5) is 48.1. The molecule has 1 heterocycles. The molecule has 1 saturated carbocycles. The average molecular weight is 400 g/mol.